The molecule has 0 fully saturated rings. The average molecular weight is 617 g/mol. The lowest BCUT2D eigenvalue weighted by atomic mass is 10.1. The third-order valence-corrected chi connectivity index (χ3v) is 5.94. The largest absolute Gasteiger partial charge is 0.490 e. The monoisotopic (exact) mass is 616 g/mol. The summed E-state index contributed by atoms with van der Waals surface area (Å²) in [6.07, 6.45) is 1.55. The first-order chi connectivity index (χ1) is 15.9. The molecule has 0 atom stereocenters. The first-order valence-electron chi connectivity index (χ1n) is 10.2. The molecule has 0 radical (unpaired) electrons. The number of benzene rings is 3. The van der Waals surface area contributed by atoms with Gasteiger partial charge in [-0.05, 0) is 90.0 Å². The van der Waals surface area contributed by atoms with E-state index < -0.39 is 5.91 Å². The fourth-order valence-corrected chi connectivity index (χ4v) is 4.01. The third kappa shape index (κ3) is 7.07. The van der Waals surface area contributed by atoms with Gasteiger partial charge in [-0.3, -0.25) is 4.79 Å². The molecule has 0 saturated heterocycles. The Morgan fingerprint density at radius 1 is 1.12 bits per heavy atom. The van der Waals surface area contributed by atoms with Gasteiger partial charge < -0.3 is 14.8 Å². The van der Waals surface area contributed by atoms with Crippen LogP contribution in [0.2, 0.25) is 0 Å². The molecule has 0 aliphatic heterocycles. The fourth-order valence-electron chi connectivity index (χ4n) is 2.96. The van der Waals surface area contributed by atoms with Crippen LogP contribution >= 0.6 is 38.5 Å². The zero-order chi connectivity index (χ0) is 23.8. The van der Waals surface area contributed by atoms with E-state index in [9.17, 15) is 10.1 Å². The minimum atomic E-state index is -0.468. The molecule has 0 aromatic heterocycles. The molecule has 0 aliphatic carbocycles. The normalized spacial score (nSPS) is 10.9. The molecule has 168 valence electrons. The molecule has 0 saturated carbocycles. The van der Waals surface area contributed by atoms with Crippen LogP contribution in [-0.4, -0.2) is 12.5 Å². The second kappa shape index (κ2) is 11.9. The highest BCUT2D eigenvalue weighted by atomic mass is 127. The van der Waals surface area contributed by atoms with Gasteiger partial charge in [0.1, 0.15) is 18.2 Å². The van der Waals surface area contributed by atoms with Gasteiger partial charge in [0.2, 0.25) is 0 Å². The van der Waals surface area contributed by atoms with Crippen molar-refractivity contribution < 1.29 is 14.3 Å². The van der Waals surface area contributed by atoms with Gasteiger partial charge >= 0.3 is 0 Å². The lowest BCUT2D eigenvalue weighted by Crippen LogP contribution is -2.13. The van der Waals surface area contributed by atoms with E-state index in [0.29, 0.717) is 36.0 Å². The maximum Gasteiger partial charge on any atom is 0.266 e. The number of ether oxygens (including phenoxy) is 2. The van der Waals surface area contributed by atoms with Crippen molar-refractivity contribution in [1.82, 2.24) is 0 Å². The highest BCUT2D eigenvalue weighted by Crippen LogP contribution is 2.35. The summed E-state index contributed by atoms with van der Waals surface area (Å²) in [7, 11) is 0. The summed E-state index contributed by atoms with van der Waals surface area (Å²) in [5.41, 5.74) is 3.42. The lowest BCUT2D eigenvalue weighted by molar-refractivity contribution is -0.112. The number of halogens is 2. The van der Waals surface area contributed by atoms with Crippen molar-refractivity contribution in [2.45, 2.75) is 20.5 Å². The standard InChI is InChI=1S/C26H22BrIN2O3/c1-3-32-24-14-19(12-20(15-29)26(31)30-22-10-4-17(2)5-11-22)13-23(28)25(24)33-16-18-6-8-21(27)9-7-18/h4-14H,3,16H2,1-2H3,(H,30,31)/b20-12-. The third-order valence-electron chi connectivity index (χ3n) is 4.61. The molecule has 0 aliphatic rings. The zero-order valence-electron chi connectivity index (χ0n) is 18.2. The van der Waals surface area contributed by atoms with Crippen molar-refractivity contribution in [3.05, 3.63) is 91.0 Å². The molecule has 0 unspecified atom stereocenters. The number of nitrogens with zero attached hydrogens (tertiary/aromatic N) is 1. The van der Waals surface area contributed by atoms with E-state index in [1.54, 1.807) is 24.3 Å². The highest BCUT2D eigenvalue weighted by molar-refractivity contribution is 14.1. The number of carbonyl (C=O) groups excluding carboxylic acids is 1. The van der Waals surface area contributed by atoms with E-state index >= 15 is 0 Å². The van der Waals surface area contributed by atoms with Crippen molar-refractivity contribution in [1.29, 1.82) is 5.26 Å². The number of nitrogens with one attached hydrogen (secondary N) is 1. The Morgan fingerprint density at radius 2 is 1.82 bits per heavy atom. The van der Waals surface area contributed by atoms with Gasteiger partial charge in [0, 0.05) is 10.2 Å². The number of hydrogen-bond acceptors (Lipinski definition) is 4. The van der Waals surface area contributed by atoms with Crippen LogP contribution in [-0.2, 0) is 11.4 Å². The summed E-state index contributed by atoms with van der Waals surface area (Å²) >= 11 is 5.60. The molecule has 3 aromatic carbocycles. The van der Waals surface area contributed by atoms with Crippen molar-refractivity contribution in [3.8, 4) is 17.6 Å². The van der Waals surface area contributed by atoms with E-state index in [2.05, 4.69) is 43.8 Å². The molecule has 0 spiro atoms. The Kier molecular flexibility index (Phi) is 8.92. The fraction of sp³-hybridized carbons (Fsp3) is 0.154. The van der Waals surface area contributed by atoms with Crippen molar-refractivity contribution >= 4 is 56.2 Å². The van der Waals surface area contributed by atoms with Gasteiger partial charge in [-0.15, -0.1) is 0 Å². The molecule has 0 heterocycles. The van der Waals surface area contributed by atoms with E-state index in [1.807, 2.05) is 62.4 Å². The number of nitriles is 1. The summed E-state index contributed by atoms with van der Waals surface area (Å²) < 4.78 is 13.7. The predicted octanol–water partition coefficient (Wildman–Crippen LogP) is 6.89. The average Bonchev–Trinajstić information content (AvgIpc) is 2.79. The maximum atomic E-state index is 12.6. The van der Waals surface area contributed by atoms with E-state index in [1.165, 1.54) is 0 Å². The van der Waals surface area contributed by atoms with Crippen molar-refractivity contribution in [2.75, 3.05) is 11.9 Å². The van der Waals surface area contributed by atoms with Crippen LogP contribution < -0.4 is 14.8 Å². The smallest absolute Gasteiger partial charge is 0.266 e. The Morgan fingerprint density at radius 3 is 2.45 bits per heavy atom. The van der Waals surface area contributed by atoms with E-state index in [4.69, 9.17) is 9.47 Å². The summed E-state index contributed by atoms with van der Waals surface area (Å²) in [6, 6.07) is 20.9. The van der Waals surface area contributed by atoms with Gasteiger partial charge in [0.25, 0.3) is 5.91 Å². The van der Waals surface area contributed by atoms with Crippen LogP contribution in [0.25, 0.3) is 6.08 Å². The van der Waals surface area contributed by atoms with Gasteiger partial charge in [-0.2, -0.15) is 5.26 Å². The molecule has 33 heavy (non-hydrogen) atoms. The minimum absolute atomic E-state index is 0.00245. The van der Waals surface area contributed by atoms with Crippen LogP contribution in [0.3, 0.4) is 0 Å². The molecular formula is C26H22BrIN2O3. The van der Waals surface area contributed by atoms with Gasteiger partial charge in [0.15, 0.2) is 11.5 Å². The summed E-state index contributed by atoms with van der Waals surface area (Å²) in [6.45, 7) is 4.71. The first kappa shape index (κ1) is 24.8. The van der Waals surface area contributed by atoms with Crippen LogP contribution in [0.4, 0.5) is 5.69 Å². The van der Waals surface area contributed by atoms with Crippen LogP contribution in [0.1, 0.15) is 23.6 Å². The zero-order valence-corrected chi connectivity index (χ0v) is 21.9. The van der Waals surface area contributed by atoms with Crippen LogP contribution in [0.5, 0.6) is 11.5 Å². The van der Waals surface area contributed by atoms with Crippen molar-refractivity contribution in [3.63, 3.8) is 0 Å². The van der Waals surface area contributed by atoms with E-state index in [0.717, 1.165) is 19.2 Å². The number of carbonyl (C=O) groups is 1. The minimum Gasteiger partial charge on any atom is -0.490 e. The molecule has 3 aromatic rings. The van der Waals surface area contributed by atoms with Gasteiger partial charge in [0.05, 0.1) is 10.2 Å². The molecule has 0 bridgehead atoms. The quantitative estimate of drug-likeness (QED) is 0.170. The Balaban J connectivity index is 1.83. The van der Waals surface area contributed by atoms with Crippen LogP contribution in [0, 0.1) is 21.8 Å². The Hall–Kier alpha value is -2.83. The van der Waals surface area contributed by atoms with Gasteiger partial charge in [-0.25, -0.2) is 0 Å². The second-order valence-corrected chi connectivity index (χ2v) is 9.25. The number of amides is 1. The number of anilines is 1. The maximum absolute atomic E-state index is 12.6. The van der Waals surface area contributed by atoms with Gasteiger partial charge in [-0.1, -0.05) is 45.8 Å². The topological polar surface area (TPSA) is 71.3 Å². The summed E-state index contributed by atoms with van der Waals surface area (Å²) in [5, 5.41) is 12.3. The summed E-state index contributed by atoms with van der Waals surface area (Å²) in [4.78, 5) is 12.6. The van der Waals surface area contributed by atoms with Crippen LogP contribution in [0.15, 0.2) is 70.7 Å². The highest BCUT2D eigenvalue weighted by Gasteiger charge is 2.15. The SMILES string of the molecule is CCOc1cc(/C=C(/C#N)C(=O)Nc2ccc(C)cc2)cc(I)c1OCc1ccc(Br)cc1. The molecule has 7 heteroatoms. The Labute approximate surface area is 215 Å². The summed E-state index contributed by atoms with van der Waals surface area (Å²) in [5.74, 6) is 0.717. The number of hydrogen-bond donors (Lipinski definition) is 1. The predicted molar refractivity (Wildman–Crippen MR) is 142 cm³/mol. The molecule has 3 rings (SSSR count). The molecule has 1 N–H and O–H groups in total. The second-order valence-electron chi connectivity index (χ2n) is 7.17. The number of aryl methyl sites for hydroxylation is 1. The number of rotatable bonds is 8. The lowest BCUT2D eigenvalue weighted by Gasteiger charge is -2.15. The molecule has 1 amide bonds. The van der Waals surface area contributed by atoms with E-state index in [-0.39, 0.29) is 5.57 Å². The first-order valence-corrected chi connectivity index (χ1v) is 12.1. The van der Waals surface area contributed by atoms with Crippen molar-refractivity contribution in [2.24, 2.45) is 0 Å². The Bertz CT molecular complexity index is 1200. The molecular weight excluding hydrogens is 595 g/mol. The molecule has 5 nitrogen and oxygen atoms in total.